The molecule has 2 heteroatoms. The van der Waals surface area contributed by atoms with Gasteiger partial charge in [0.15, 0.2) is 0 Å². The van der Waals surface area contributed by atoms with Gasteiger partial charge in [0, 0.05) is 16.5 Å². The molecule has 0 saturated heterocycles. The molecule has 1 aromatic heterocycles. The van der Waals surface area contributed by atoms with E-state index in [9.17, 15) is 0 Å². The fraction of sp³-hybridized carbons (Fsp3) is 0.194. The third kappa shape index (κ3) is 3.87. The van der Waals surface area contributed by atoms with Crippen molar-refractivity contribution in [2.75, 3.05) is 0 Å². The van der Waals surface area contributed by atoms with Crippen molar-refractivity contribution in [3.63, 3.8) is 0 Å². The van der Waals surface area contributed by atoms with E-state index in [-0.39, 0.29) is 16.8 Å². The number of fused-ring (bicyclic) bond motifs is 1. The summed E-state index contributed by atoms with van der Waals surface area (Å²) in [5.74, 6) is -3.81. The number of hydrogen-bond donors (Lipinski definition) is 0. The van der Waals surface area contributed by atoms with Crippen LogP contribution in [0, 0.1) is 0 Å². The zero-order chi connectivity index (χ0) is 29.8. The average molecular weight is 439 g/mol. The Morgan fingerprint density at radius 2 is 1.30 bits per heavy atom. The molecule has 0 saturated carbocycles. The lowest BCUT2D eigenvalue weighted by atomic mass is 9.92. The topological polar surface area (TPSA) is 17.8 Å². The number of aromatic nitrogens is 2. The van der Waals surface area contributed by atoms with Gasteiger partial charge in [0.25, 0.3) is 0 Å². The molecule has 5 aromatic rings. The van der Waals surface area contributed by atoms with Crippen molar-refractivity contribution in [1.29, 1.82) is 0 Å². The smallest absolute Gasteiger partial charge is 0.145 e. The van der Waals surface area contributed by atoms with Crippen LogP contribution in [-0.2, 0) is 0 Å². The van der Waals surface area contributed by atoms with Crippen LogP contribution in [0.15, 0.2) is 97.1 Å². The fourth-order valence-electron chi connectivity index (χ4n) is 4.29. The monoisotopic (exact) mass is 438 g/mol. The van der Waals surface area contributed by atoms with Crippen LogP contribution in [0.5, 0.6) is 0 Å². The second kappa shape index (κ2) is 8.71. The van der Waals surface area contributed by atoms with E-state index >= 15 is 0 Å². The molecular weight excluding hydrogens is 400 g/mol. The second-order valence-corrected chi connectivity index (χ2v) is 8.16. The first kappa shape index (κ1) is 13.8. The highest BCUT2D eigenvalue weighted by Gasteiger charge is 2.22. The van der Waals surface area contributed by atoms with Crippen LogP contribution in [0.3, 0.4) is 0 Å². The van der Waals surface area contributed by atoms with E-state index in [1.54, 1.807) is 4.57 Å². The summed E-state index contributed by atoms with van der Waals surface area (Å²) >= 11 is 0. The van der Waals surface area contributed by atoms with Crippen LogP contribution in [0.25, 0.3) is 39.2 Å². The summed E-state index contributed by atoms with van der Waals surface area (Å²) in [5, 5.41) is 0. The van der Waals surface area contributed by atoms with Crippen molar-refractivity contribution in [3.05, 3.63) is 108 Å². The predicted octanol–water partition coefficient (Wildman–Crippen LogP) is 8.61. The highest BCUT2D eigenvalue weighted by Crippen LogP contribution is 2.38. The maximum atomic E-state index is 9.05. The number of imidazole rings is 1. The van der Waals surface area contributed by atoms with Gasteiger partial charge in [0.2, 0.25) is 0 Å². The Balaban J connectivity index is 1.94. The number of para-hydroxylation sites is 1. The normalized spacial score (nSPS) is 19.5. The van der Waals surface area contributed by atoms with Crippen molar-refractivity contribution in [2.45, 2.75) is 39.3 Å². The van der Waals surface area contributed by atoms with Gasteiger partial charge in [0.1, 0.15) is 5.82 Å². The minimum atomic E-state index is -2.75. The molecule has 0 aliphatic carbocycles. The maximum Gasteiger partial charge on any atom is 0.145 e. The lowest BCUT2D eigenvalue weighted by Gasteiger charge is -2.22. The summed E-state index contributed by atoms with van der Waals surface area (Å²) in [4.78, 5) is 4.98. The summed E-state index contributed by atoms with van der Waals surface area (Å²) in [6, 6.07) is 29.5. The summed E-state index contributed by atoms with van der Waals surface area (Å²) in [6.45, 7) is -2.90. The van der Waals surface area contributed by atoms with Gasteiger partial charge in [-0.25, -0.2) is 4.98 Å². The first-order chi connectivity index (χ1) is 19.1. The molecule has 5 rings (SSSR count). The van der Waals surface area contributed by atoms with Gasteiger partial charge in [-0.3, -0.25) is 4.57 Å². The Bertz CT molecular complexity index is 1660. The van der Waals surface area contributed by atoms with Crippen LogP contribution in [0.4, 0.5) is 0 Å². The highest BCUT2D eigenvalue weighted by molar-refractivity contribution is 5.88. The van der Waals surface area contributed by atoms with Crippen molar-refractivity contribution in [1.82, 2.24) is 9.55 Å². The molecule has 2 nitrogen and oxygen atoms in total. The molecule has 0 aliphatic rings. The van der Waals surface area contributed by atoms with Gasteiger partial charge >= 0.3 is 0 Å². The molecule has 0 N–H and O–H groups in total. The van der Waals surface area contributed by atoms with Gasteiger partial charge < -0.3 is 0 Å². The summed E-state index contributed by atoms with van der Waals surface area (Å²) in [7, 11) is 0. The maximum absolute atomic E-state index is 9.05. The third-order valence-electron chi connectivity index (χ3n) is 5.86. The minimum absolute atomic E-state index is 0.0846. The zero-order valence-corrected chi connectivity index (χ0v) is 18.6. The van der Waals surface area contributed by atoms with E-state index in [2.05, 4.69) is 0 Å². The third-order valence-corrected chi connectivity index (χ3v) is 5.86. The van der Waals surface area contributed by atoms with Crippen LogP contribution in [0.2, 0.25) is 0 Å². The SMILES string of the molecule is [2H]C([2H])([2H])C([2H])(C)c1cccc(C([2H])(C)C([2H])([2H])[2H])c1-n1c(-c2ccccc2)nc2cc(-c3ccccc3)ccc21. The molecule has 0 aliphatic heterocycles. The van der Waals surface area contributed by atoms with E-state index in [1.165, 1.54) is 32.0 Å². The standard InChI is InChI=1S/C31H30N2/c1-21(2)26-16-11-17-27(22(3)4)30(26)33-29-19-18-25(23-12-7-5-8-13-23)20-28(29)32-31(33)24-14-9-6-10-15-24/h5-22H,1-4H3/i1D3,3D3,21D,22D. The Morgan fingerprint density at radius 3 is 1.91 bits per heavy atom. The Morgan fingerprint density at radius 1 is 0.697 bits per heavy atom. The van der Waals surface area contributed by atoms with Gasteiger partial charge in [-0.15, -0.1) is 0 Å². The highest BCUT2D eigenvalue weighted by atomic mass is 15.1. The zero-order valence-electron chi connectivity index (χ0n) is 26.6. The predicted molar refractivity (Wildman–Crippen MR) is 140 cm³/mol. The van der Waals surface area contributed by atoms with Crippen molar-refractivity contribution in [3.8, 4) is 28.2 Å². The van der Waals surface area contributed by atoms with Crippen LogP contribution < -0.4 is 0 Å². The van der Waals surface area contributed by atoms with Crippen molar-refractivity contribution in [2.24, 2.45) is 0 Å². The van der Waals surface area contributed by atoms with Crippen molar-refractivity contribution >= 4 is 11.0 Å². The summed E-state index contributed by atoms with van der Waals surface area (Å²) in [6.07, 6.45) is 0. The van der Waals surface area contributed by atoms with Gasteiger partial charge in [-0.05, 0) is 46.2 Å². The molecule has 1 heterocycles. The van der Waals surface area contributed by atoms with Crippen molar-refractivity contribution < 1.29 is 11.0 Å². The Labute approximate surface area is 207 Å². The second-order valence-electron chi connectivity index (χ2n) is 8.16. The van der Waals surface area contributed by atoms with E-state index in [4.69, 9.17) is 16.0 Å². The van der Waals surface area contributed by atoms with E-state index < -0.39 is 25.5 Å². The molecule has 164 valence electrons. The molecular formula is C31H30N2. The van der Waals surface area contributed by atoms with E-state index in [1.807, 2.05) is 78.9 Å². The average Bonchev–Trinajstić information content (AvgIpc) is 3.31. The van der Waals surface area contributed by atoms with Crippen LogP contribution in [0.1, 0.15) is 61.4 Å². The molecule has 2 atom stereocenters. The Hall–Kier alpha value is -3.65. The Kier molecular flexibility index (Phi) is 3.64. The molecule has 0 fully saturated rings. The first-order valence-corrected chi connectivity index (χ1v) is 10.9. The number of rotatable bonds is 5. The fourth-order valence-corrected chi connectivity index (χ4v) is 4.29. The minimum Gasteiger partial charge on any atom is -0.292 e. The molecule has 2 unspecified atom stereocenters. The lowest BCUT2D eigenvalue weighted by Crippen LogP contribution is -2.08. The first-order valence-electron chi connectivity index (χ1n) is 14.9. The summed E-state index contributed by atoms with van der Waals surface area (Å²) in [5.41, 5.74) is 4.18. The molecule has 0 spiro atoms. The quantitative estimate of drug-likeness (QED) is 0.268. The number of nitrogens with zero attached hydrogens (tertiary/aromatic N) is 2. The summed E-state index contributed by atoms with van der Waals surface area (Å²) < 4.78 is 69.1. The molecule has 0 amide bonds. The molecule has 0 bridgehead atoms. The van der Waals surface area contributed by atoms with Gasteiger partial charge in [0.05, 0.1) is 16.7 Å². The molecule has 0 radical (unpaired) electrons. The van der Waals surface area contributed by atoms with Crippen LogP contribution in [-0.4, -0.2) is 9.55 Å². The van der Waals surface area contributed by atoms with Crippen LogP contribution >= 0.6 is 0 Å². The number of benzene rings is 4. The van der Waals surface area contributed by atoms with Gasteiger partial charge in [-0.2, -0.15) is 0 Å². The van der Waals surface area contributed by atoms with E-state index in [0.717, 1.165) is 11.1 Å². The van der Waals surface area contributed by atoms with Gasteiger partial charge in [-0.1, -0.05) is 112 Å². The molecule has 33 heavy (non-hydrogen) atoms. The largest absolute Gasteiger partial charge is 0.292 e. The van der Waals surface area contributed by atoms with E-state index in [0.29, 0.717) is 22.4 Å². The number of hydrogen-bond acceptors (Lipinski definition) is 1. The molecule has 4 aromatic carbocycles. The lowest BCUT2D eigenvalue weighted by molar-refractivity contribution is 0.811.